The number of benzene rings is 4. The molecule has 43 heavy (non-hydrogen) atoms. The third kappa shape index (κ3) is 7.01. The number of carbonyl (C=O) groups excluding carboxylic acids is 3. The van der Waals surface area contributed by atoms with Gasteiger partial charge >= 0.3 is 11.8 Å². The fraction of sp³-hybridized carbons (Fsp3) is 0.0606. The molecule has 3 N–H and O–H groups in total. The minimum absolute atomic E-state index is 0.183. The van der Waals surface area contributed by atoms with E-state index < -0.39 is 17.7 Å². The number of ether oxygens (including phenoxy) is 1. The number of anilines is 2. The van der Waals surface area contributed by atoms with Gasteiger partial charge in [0, 0.05) is 23.0 Å². The maximum Gasteiger partial charge on any atom is 0.329 e. The summed E-state index contributed by atoms with van der Waals surface area (Å²) in [7, 11) is 1.59. The second kappa shape index (κ2) is 13.1. The van der Waals surface area contributed by atoms with E-state index in [4.69, 9.17) is 9.84 Å². The minimum atomic E-state index is -1.01. The first kappa shape index (κ1) is 28.5. The molecule has 10 heteroatoms. The molecule has 0 aliphatic rings. The summed E-state index contributed by atoms with van der Waals surface area (Å²) < 4.78 is 6.96. The van der Waals surface area contributed by atoms with E-state index in [9.17, 15) is 14.4 Å². The zero-order chi connectivity index (χ0) is 30.2. The van der Waals surface area contributed by atoms with Crippen molar-refractivity contribution in [3.8, 4) is 22.7 Å². The number of aromatic nitrogens is 2. The largest absolute Gasteiger partial charge is 0.497 e. The number of nitrogens with one attached hydrogen (secondary N) is 3. The summed E-state index contributed by atoms with van der Waals surface area (Å²) in [6.07, 6.45) is 3.19. The van der Waals surface area contributed by atoms with Crippen molar-refractivity contribution in [3.05, 3.63) is 126 Å². The van der Waals surface area contributed by atoms with E-state index >= 15 is 0 Å². The lowest BCUT2D eigenvalue weighted by Crippen LogP contribution is -2.33. The van der Waals surface area contributed by atoms with Crippen LogP contribution in [-0.2, 0) is 9.59 Å². The molecule has 0 fully saturated rings. The van der Waals surface area contributed by atoms with Crippen LogP contribution in [0.25, 0.3) is 16.9 Å². The molecule has 0 radical (unpaired) electrons. The third-order valence-corrected chi connectivity index (χ3v) is 6.40. The fourth-order valence-corrected chi connectivity index (χ4v) is 4.27. The molecule has 0 atom stereocenters. The van der Waals surface area contributed by atoms with E-state index in [2.05, 4.69) is 21.2 Å². The molecule has 214 valence electrons. The molecule has 1 aromatic heterocycles. The molecule has 0 saturated carbocycles. The summed E-state index contributed by atoms with van der Waals surface area (Å²) in [5.74, 6) is -1.72. The Labute approximate surface area is 248 Å². The standard InChI is InChI=1S/C33H28N6O4/c1-22-9-8-10-25(19-22)35-31(40)28-13-6-7-14-29(28)36-32(41)33(42)37-34-20-24-21-39(26-11-4-3-5-12-26)38-30(24)23-15-17-27(43-2)18-16-23/h3-21H,1-2H3,(H,35,40)(H,36,41)(H,37,42). The molecule has 5 aromatic rings. The Kier molecular flexibility index (Phi) is 8.67. The van der Waals surface area contributed by atoms with E-state index in [1.54, 1.807) is 48.3 Å². The average Bonchev–Trinajstić information content (AvgIpc) is 3.46. The predicted octanol–water partition coefficient (Wildman–Crippen LogP) is 5.20. The van der Waals surface area contributed by atoms with Gasteiger partial charge in [-0.05, 0) is 73.2 Å². The second-order valence-electron chi connectivity index (χ2n) is 9.46. The van der Waals surface area contributed by atoms with Gasteiger partial charge in [-0.25, -0.2) is 10.1 Å². The van der Waals surface area contributed by atoms with Crippen molar-refractivity contribution in [2.75, 3.05) is 17.7 Å². The molecule has 1 heterocycles. The van der Waals surface area contributed by atoms with E-state index in [0.29, 0.717) is 22.7 Å². The Balaban J connectivity index is 1.30. The topological polar surface area (TPSA) is 127 Å². The zero-order valence-electron chi connectivity index (χ0n) is 23.4. The second-order valence-corrected chi connectivity index (χ2v) is 9.46. The monoisotopic (exact) mass is 572 g/mol. The van der Waals surface area contributed by atoms with Crippen molar-refractivity contribution < 1.29 is 19.1 Å². The van der Waals surface area contributed by atoms with Crippen molar-refractivity contribution in [1.29, 1.82) is 0 Å². The smallest absolute Gasteiger partial charge is 0.329 e. The van der Waals surface area contributed by atoms with E-state index in [1.807, 2.05) is 79.7 Å². The van der Waals surface area contributed by atoms with E-state index in [-0.39, 0.29) is 11.3 Å². The minimum Gasteiger partial charge on any atom is -0.497 e. The summed E-state index contributed by atoms with van der Waals surface area (Å²) in [4.78, 5) is 38.3. The molecule has 0 aliphatic heterocycles. The lowest BCUT2D eigenvalue weighted by Gasteiger charge is -2.11. The molecule has 0 unspecified atom stereocenters. The summed E-state index contributed by atoms with van der Waals surface area (Å²) >= 11 is 0. The maximum absolute atomic E-state index is 12.9. The van der Waals surface area contributed by atoms with Gasteiger partial charge < -0.3 is 15.4 Å². The van der Waals surface area contributed by atoms with E-state index in [0.717, 1.165) is 16.8 Å². The molecule has 3 amide bonds. The first-order valence-corrected chi connectivity index (χ1v) is 13.3. The number of hydrazone groups is 1. The normalized spacial score (nSPS) is 10.7. The summed E-state index contributed by atoms with van der Waals surface area (Å²) in [5.41, 5.74) is 7.10. The van der Waals surface area contributed by atoms with Gasteiger partial charge in [-0.3, -0.25) is 14.4 Å². The fourth-order valence-electron chi connectivity index (χ4n) is 4.27. The number of amides is 3. The van der Waals surface area contributed by atoms with Crippen LogP contribution in [0.2, 0.25) is 0 Å². The highest BCUT2D eigenvalue weighted by Gasteiger charge is 2.18. The number of carbonyl (C=O) groups is 3. The molecular weight excluding hydrogens is 544 g/mol. The van der Waals surface area contributed by atoms with Gasteiger partial charge in [0.25, 0.3) is 5.91 Å². The lowest BCUT2D eigenvalue weighted by atomic mass is 10.1. The van der Waals surface area contributed by atoms with Crippen LogP contribution in [-0.4, -0.2) is 40.8 Å². The lowest BCUT2D eigenvalue weighted by molar-refractivity contribution is -0.136. The number of hydrogen-bond acceptors (Lipinski definition) is 6. The van der Waals surface area contributed by atoms with Crippen LogP contribution in [0.5, 0.6) is 5.75 Å². The van der Waals surface area contributed by atoms with Crippen molar-refractivity contribution in [3.63, 3.8) is 0 Å². The number of para-hydroxylation sites is 2. The van der Waals surface area contributed by atoms with Crippen molar-refractivity contribution in [2.45, 2.75) is 6.92 Å². The average molecular weight is 573 g/mol. The SMILES string of the molecule is COc1ccc(-c2nn(-c3ccccc3)cc2C=NNC(=O)C(=O)Nc2ccccc2C(=O)Nc2cccc(C)c2)cc1. The number of methoxy groups -OCH3 is 1. The van der Waals surface area contributed by atoms with Crippen molar-refractivity contribution in [1.82, 2.24) is 15.2 Å². The van der Waals surface area contributed by atoms with Gasteiger partial charge in [0.2, 0.25) is 0 Å². The summed E-state index contributed by atoms with van der Waals surface area (Å²) in [5, 5.41) is 14.0. The van der Waals surface area contributed by atoms with Crippen LogP contribution in [0.3, 0.4) is 0 Å². The number of aryl methyl sites for hydroxylation is 1. The Morgan fingerprint density at radius 1 is 0.837 bits per heavy atom. The van der Waals surface area contributed by atoms with Gasteiger partial charge in [0.1, 0.15) is 11.4 Å². The maximum atomic E-state index is 12.9. The Morgan fingerprint density at radius 3 is 2.33 bits per heavy atom. The van der Waals surface area contributed by atoms with Crippen LogP contribution in [0, 0.1) is 6.92 Å². The van der Waals surface area contributed by atoms with Gasteiger partial charge in [-0.15, -0.1) is 0 Å². The highest BCUT2D eigenvalue weighted by molar-refractivity contribution is 6.40. The molecule has 0 aliphatic carbocycles. The van der Waals surface area contributed by atoms with Crippen LogP contribution < -0.4 is 20.8 Å². The van der Waals surface area contributed by atoms with Crippen LogP contribution >= 0.6 is 0 Å². The third-order valence-electron chi connectivity index (χ3n) is 6.40. The van der Waals surface area contributed by atoms with Gasteiger partial charge in [0.15, 0.2) is 0 Å². The number of nitrogens with zero attached hydrogens (tertiary/aromatic N) is 3. The Bertz CT molecular complexity index is 1800. The van der Waals surface area contributed by atoms with Gasteiger partial charge in [0.05, 0.1) is 30.3 Å². The van der Waals surface area contributed by atoms with Crippen LogP contribution in [0.15, 0.2) is 114 Å². The number of hydrogen-bond donors (Lipinski definition) is 3. The highest BCUT2D eigenvalue weighted by Crippen LogP contribution is 2.25. The van der Waals surface area contributed by atoms with Crippen LogP contribution in [0.1, 0.15) is 21.5 Å². The highest BCUT2D eigenvalue weighted by atomic mass is 16.5. The van der Waals surface area contributed by atoms with Gasteiger partial charge in [-0.1, -0.05) is 42.5 Å². The summed E-state index contributed by atoms with van der Waals surface area (Å²) in [6, 6.07) is 30.7. The zero-order valence-corrected chi connectivity index (χ0v) is 23.4. The molecule has 0 bridgehead atoms. The molecule has 0 spiro atoms. The first-order chi connectivity index (χ1) is 20.9. The molecule has 0 saturated heterocycles. The quantitative estimate of drug-likeness (QED) is 0.134. The Morgan fingerprint density at radius 2 is 1.58 bits per heavy atom. The van der Waals surface area contributed by atoms with Crippen molar-refractivity contribution in [2.24, 2.45) is 5.10 Å². The first-order valence-electron chi connectivity index (χ1n) is 13.3. The molecule has 4 aromatic carbocycles. The predicted molar refractivity (Wildman–Crippen MR) is 165 cm³/mol. The molecule has 10 nitrogen and oxygen atoms in total. The van der Waals surface area contributed by atoms with Crippen LogP contribution in [0.4, 0.5) is 11.4 Å². The Hall–Kier alpha value is -6.03. The molecular formula is C33H28N6O4. The van der Waals surface area contributed by atoms with Crippen molar-refractivity contribution >= 4 is 35.3 Å². The summed E-state index contributed by atoms with van der Waals surface area (Å²) in [6.45, 7) is 1.92. The molecule has 5 rings (SSSR count). The van der Waals surface area contributed by atoms with Gasteiger partial charge in [-0.2, -0.15) is 10.2 Å². The van der Waals surface area contributed by atoms with E-state index in [1.165, 1.54) is 6.21 Å². The number of rotatable bonds is 8.